The van der Waals surface area contributed by atoms with Gasteiger partial charge in [0.2, 0.25) is 5.91 Å². The molecule has 1 N–H and O–H groups in total. The summed E-state index contributed by atoms with van der Waals surface area (Å²) in [7, 11) is 0. The van der Waals surface area contributed by atoms with Crippen molar-refractivity contribution < 1.29 is 14.3 Å². The predicted molar refractivity (Wildman–Crippen MR) is 68.1 cm³/mol. The fourth-order valence-corrected chi connectivity index (χ4v) is 2.15. The molecule has 1 saturated heterocycles. The van der Waals surface area contributed by atoms with Gasteiger partial charge < -0.3 is 10.1 Å². The summed E-state index contributed by atoms with van der Waals surface area (Å²) in [6.07, 6.45) is 2.14. The Morgan fingerprint density at radius 2 is 2.33 bits per heavy atom. The van der Waals surface area contributed by atoms with E-state index in [2.05, 4.69) is 5.32 Å². The number of hydrogen-bond donors (Lipinski definition) is 1. The molecule has 1 amide bonds. The Labute approximate surface area is 110 Å². The molecule has 0 radical (unpaired) electrons. The summed E-state index contributed by atoms with van der Waals surface area (Å²) in [5.41, 5.74) is 0.518. The first-order valence-corrected chi connectivity index (χ1v) is 6.21. The summed E-state index contributed by atoms with van der Waals surface area (Å²) >= 11 is 5.99. The van der Waals surface area contributed by atoms with Crippen LogP contribution in [0, 0.1) is 5.92 Å². The molecular formula is C13H14ClNO3. The minimum absolute atomic E-state index is 0.0669. The Hall–Kier alpha value is -1.55. The van der Waals surface area contributed by atoms with Crippen LogP contribution in [0.4, 0.5) is 0 Å². The lowest BCUT2D eigenvalue weighted by molar-refractivity contribution is -0.123. The molecule has 1 unspecified atom stereocenters. The Bertz CT molecular complexity index is 462. The second-order valence-corrected chi connectivity index (χ2v) is 4.73. The molecule has 1 aromatic rings. The Kier molecular flexibility index (Phi) is 4.20. The number of halogens is 1. The zero-order valence-corrected chi connectivity index (χ0v) is 10.6. The lowest BCUT2D eigenvalue weighted by atomic mass is 9.99. The van der Waals surface area contributed by atoms with Crippen molar-refractivity contribution in [3.05, 3.63) is 28.8 Å². The van der Waals surface area contributed by atoms with Crippen molar-refractivity contribution in [3.8, 4) is 5.75 Å². The summed E-state index contributed by atoms with van der Waals surface area (Å²) in [5.74, 6) is 0.839. The minimum Gasteiger partial charge on any atom is -0.492 e. The Morgan fingerprint density at radius 1 is 1.50 bits per heavy atom. The third-order valence-corrected chi connectivity index (χ3v) is 3.21. The summed E-state index contributed by atoms with van der Waals surface area (Å²) in [5, 5.41) is 3.19. The second-order valence-electron chi connectivity index (χ2n) is 4.33. The van der Waals surface area contributed by atoms with Crippen molar-refractivity contribution in [1.29, 1.82) is 0 Å². The summed E-state index contributed by atoms with van der Waals surface area (Å²) in [6.45, 7) is 1.16. The van der Waals surface area contributed by atoms with E-state index in [0.29, 0.717) is 35.9 Å². The molecule has 4 nitrogen and oxygen atoms in total. The number of benzene rings is 1. The van der Waals surface area contributed by atoms with Crippen molar-refractivity contribution >= 4 is 23.8 Å². The van der Waals surface area contributed by atoms with E-state index in [4.69, 9.17) is 16.3 Å². The number of nitrogens with one attached hydrogen (secondary N) is 1. The van der Waals surface area contributed by atoms with Gasteiger partial charge in [0.25, 0.3) is 0 Å². The van der Waals surface area contributed by atoms with Crippen LogP contribution in [-0.4, -0.2) is 25.3 Å². The molecule has 1 heterocycles. The van der Waals surface area contributed by atoms with Gasteiger partial charge in [-0.15, -0.1) is 0 Å². The maximum absolute atomic E-state index is 11.2. The van der Waals surface area contributed by atoms with E-state index in [1.54, 1.807) is 18.2 Å². The molecule has 0 bridgehead atoms. The SMILES string of the molecule is O=Cc1ccc(OCC2CCNC(=O)C2)c(Cl)c1. The van der Waals surface area contributed by atoms with Gasteiger partial charge in [0.05, 0.1) is 11.6 Å². The number of rotatable bonds is 4. The lowest BCUT2D eigenvalue weighted by Crippen LogP contribution is -2.35. The molecule has 1 aliphatic heterocycles. The Balaban J connectivity index is 1.93. The topological polar surface area (TPSA) is 55.4 Å². The number of ether oxygens (including phenoxy) is 1. The highest BCUT2D eigenvalue weighted by Gasteiger charge is 2.19. The third-order valence-electron chi connectivity index (χ3n) is 2.92. The first-order valence-electron chi connectivity index (χ1n) is 5.83. The third kappa shape index (κ3) is 3.23. The van der Waals surface area contributed by atoms with Crippen LogP contribution in [0.15, 0.2) is 18.2 Å². The van der Waals surface area contributed by atoms with E-state index in [1.165, 1.54) is 0 Å². The van der Waals surface area contributed by atoms with E-state index in [-0.39, 0.29) is 11.8 Å². The van der Waals surface area contributed by atoms with E-state index < -0.39 is 0 Å². The van der Waals surface area contributed by atoms with E-state index >= 15 is 0 Å². The molecule has 1 fully saturated rings. The van der Waals surface area contributed by atoms with Gasteiger partial charge in [-0.3, -0.25) is 9.59 Å². The fraction of sp³-hybridized carbons (Fsp3) is 0.385. The normalized spacial score (nSPS) is 19.2. The smallest absolute Gasteiger partial charge is 0.220 e. The zero-order valence-electron chi connectivity index (χ0n) is 9.82. The van der Waals surface area contributed by atoms with Crippen LogP contribution in [0.5, 0.6) is 5.75 Å². The lowest BCUT2D eigenvalue weighted by Gasteiger charge is -2.22. The molecule has 18 heavy (non-hydrogen) atoms. The van der Waals surface area contributed by atoms with Gasteiger partial charge in [-0.2, -0.15) is 0 Å². The van der Waals surface area contributed by atoms with Gasteiger partial charge >= 0.3 is 0 Å². The van der Waals surface area contributed by atoms with Crippen molar-refractivity contribution in [3.63, 3.8) is 0 Å². The van der Waals surface area contributed by atoms with Gasteiger partial charge in [0.1, 0.15) is 12.0 Å². The number of piperidine rings is 1. The molecule has 0 spiro atoms. The molecule has 1 atom stereocenters. The maximum Gasteiger partial charge on any atom is 0.220 e. The molecule has 0 aromatic heterocycles. The zero-order chi connectivity index (χ0) is 13.0. The number of carbonyl (C=O) groups excluding carboxylic acids is 2. The number of hydrogen-bond acceptors (Lipinski definition) is 3. The standard InChI is InChI=1S/C13H14ClNO3/c14-11-5-9(7-16)1-2-12(11)18-8-10-3-4-15-13(17)6-10/h1-2,5,7,10H,3-4,6,8H2,(H,15,17). The molecule has 5 heteroatoms. The van der Waals surface area contributed by atoms with Crippen LogP contribution in [0.1, 0.15) is 23.2 Å². The van der Waals surface area contributed by atoms with E-state index in [0.717, 1.165) is 12.7 Å². The summed E-state index contributed by atoms with van der Waals surface area (Å²) in [6, 6.07) is 4.90. The molecule has 1 aromatic carbocycles. The monoisotopic (exact) mass is 267 g/mol. The van der Waals surface area contributed by atoms with E-state index in [1.807, 2.05) is 0 Å². The van der Waals surface area contributed by atoms with Crippen LogP contribution < -0.4 is 10.1 Å². The average molecular weight is 268 g/mol. The van der Waals surface area contributed by atoms with Gasteiger partial charge in [0.15, 0.2) is 0 Å². The molecule has 0 saturated carbocycles. The number of amides is 1. The summed E-state index contributed by atoms with van der Waals surface area (Å²) in [4.78, 5) is 21.8. The molecule has 1 aliphatic rings. The van der Waals surface area contributed by atoms with Crippen LogP contribution in [0.2, 0.25) is 5.02 Å². The first kappa shape index (κ1) is 12.9. The van der Waals surface area contributed by atoms with E-state index in [9.17, 15) is 9.59 Å². The molecule has 2 rings (SSSR count). The predicted octanol–water partition coefficient (Wildman–Crippen LogP) is 2.06. The van der Waals surface area contributed by atoms with Crippen molar-refractivity contribution in [1.82, 2.24) is 5.32 Å². The highest BCUT2D eigenvalue weighted by molar-refractivity contribution is 6.32. The fourth-order valence-electron chi connectivity index (χ4n) is 1.91. The number of aldehydes is 1. The van der Waals surface area contributed by atoms with Crippen molar-refractivity contribution in [2.24, 2.45) is 5.92 Å². The summed E-state index contributed by atoms with van der Waals surface area (Å²) < 4.78 is 5.60. The quantitative estimate of drug-likeness (QED) is 0.850. The molecule has 0 aliphatic carbocycles. The van der Waals surface area contributed by atoms with Gasteiger partial charge in [-0.25, -0.2) is 0 Å². The Morgan fingerprint density at radius 3 is 3.00 bits per heavy atom. The molecular weight excluding hydrogens is 254 g/mol. The van der Waals surface area contributed by atoms with Crippen LogP contribution in [0.25, 0.3) is 0 Å². The van der Waals surface area contributed by atoms with Crippen LogP contribution in [-0.2, 0) is 4.79 Å². The molecule has 96 valence electrons. The average Bonchev–Trinajstić information content (AvgIpc) is 2.37. The highest BCUT2D eigenvalue weighted by Crippen LogP contribution is 2.26. The van der Waals surface area contributed by atoms with Gasteiger partial charge in [-0.1, -0.05) is 11.6 Å². The van der Waals surface area contributed by atoms with Crippen molar-refractivity contribution in [2.75, 3.05) is 13.2 Å². The highest BCUT2D eigenvalue weighted by atomic mass is 35.5. The van der Waals surface area contributed by atoms with Crippen LogP contribution in [0.3, 0.4) is 0 Å². The second kappa shape index (κ2) is 5.87. The van der Waals surface area contributed by atoms with Gasteiger partial charge in [-0.05, 0) is 24.6 Å². The van der Waals surface area contributed by atoms with Crippen molar-refractivity contribution in [2.45, 2.75) is 12.8 Å². The minimum atomic E-state index is 0.0669. The van der Waals surface area contributed by atoms with Crippen LogP contribution >= 0.6 is 11.6 Å². The number of carbonyl (C=O) groups is 2. The maximum atomic E-state index is 11.2. The first-order chi connectivity index (χ1) is 8.69. The largest absolute Gasteiger partial charge is 0.492 e. The van der Waals surface area contributed by atoms with Gasteiger partial charge in [0, 0.05) is 24.4 Å².